The zero-order valence-electron chi connectivity index (χ0n) is 11.9. The maximum atomic E-state index is 5.85. The molecule has 1 aromatic heterocycles. The Kier molecular flexibility index (Phi) is 4.29. The van der Waals surface area contributed by atoms with Crippen LogP contribution in [0.5, 0.6) is 0 Å². The molecule has 0 aliphatic carbocycles. The minimum absolute atomic E-state index is 0.357. The minimum atomic E-state index is 0.357. The number of rotatable bonds is 4. The zero-order chi connectivity index (χ0) is 14.7. The summed E-state index contributed by atoms with van der Waals surface area (Å²) >= 11 is 5.16. The van der Waals surface area contributed by atoms with Crippen molar-refractivity contribution in [2.45, 2.75) is 20.4 Å². The third-order valence-electron chi connectivity index (χ3n) is 3.31. The summed E-state index contributed by atoms with van der Waals surface area (Å²) in [5.74, 6) is 0.726. The van der Waals surface area contributed by atoms with Crippen LogP contribution in [0.3, 0.4) is 0 Å². The lowest BCUT2D eigenvalue weighted by molar-refractivity contribution is 0.848. The standard InChI is InChI=1S/C15H18N4S/c1-10-11(2)17-18-15(13(10)14(16)20)19(3)9-12-7-5-4-6-8-12/h4-8H,9H2,1-3H3,(H2,16,20). The second-order valence-corrected chi connectivity index (χ2v) is 5.25. The number of hydrogen-bond acceptors (Lipinski definition) is 4. The molecule has 104 valence electrons. The highest BCUT2D eigenvalue weighted by molar-refractivity contribution is 7.80. The Morgan fingerprint density at radius 2 is 1.85 bits per heavy atom. The topological polar surface area (TPSA) is 55.0 Å². The van der Waals surface area contributed by atoms with Gasteiger partial charge >= 0.3 is 0 Å². The van der Waals surface area contributed by atoms with E-state index in [-0.39, 0.29) is 0 Å². The fourth-order valence-corrected chi connectivity index (χ4v) is 2.33. The van der Waals surface area contributed by atoms with Crippen LogP contribution in [0.1, 0.15) is 22.4 Å². The quantitative estimate of drug-likeness (QED) is 0.875. The molecule has 0 saturated heterocycles. The molecule has 0 amide bonds. The summed E-state index contributed by atoms with van der Waals surface area (Å²) in [6.45, 7) is 4.61. The van der Waals surface area contributed by atoms with Gasteiger partial charge in [0.25, 0.3) is 0 Å². The summed E-state index contributed by atoms with van der Waals surface area (Å²) in [5, 5.41) is 8.44. The van der Waals surface area contributed by atoms with Crippen LogP contribution in [-0.2, 0) is 6.54 Å². The summed E-state index contributed by atoms with van der Waals surface area (Å²) in [6.07, 6.45) is 0. The van der Waals surface area contributed by atoms with Gasteiger partial charge in [-0.25, -0.2) is 0 Å². The van der Waals surface area contributed by atoms with Crippen molar-refractivity contribution in [1.82, 2.24) is 10.2 Å². The van der Waals surface area contributed by atoms with Gasteiger partial charge in [0, 0.05) is 13.6 Å². The summed E-state index contributed by atoms with van der Waals surface area (Å²) < 4.78 is 0. The average Bonchev–Trinajstić information content (AvgIpc) is 2.42. The molecular formula is C15H18N4S. The van der Waals surface area contributed by atoms with Crippen LogP contribution in [0, 0.1) is 13.8 Å². The van der Waals surface area contributed by atoms with Gasteiger partial charge in [0.05, 0.1) is 11.3 Å². The lowest BCUT2D eigenvalue weighted by Crippen LogP contribution is -2.25. The lowest BCUT2D eigenvalue weighted by Gasteiger charge is -2.22. The Morgan fingerprint density at radius 3 is 2.45 bits per heavy atom. The zero-order valence-corrected chi connectivity index (χ0v) is 12.7. The molecule has 0 radical (unpaired) electrons. The van der Waals surface area contributed by atoms with Crippen molar-refractivity contribution in [3.63, 3.8) is 0 Å². The third kappa shape index (κ3) is 2.93. The number of aryl methyl sites for hydroxylation is 1. The highest BCUT2D eigenvalue weighted by atomic mass is 32.1. The monoisotopic (exact) mass is 286 g/mol. The van der Waals surface area contributed by atoms with Gasteiger partial charge in [0.15, 0.2) is 5.82 Å². The molecule has 0 saturated carbocycles. The van der Waals surface area contributed by atoms with Crippen LogP contribution in [0.2, 0.25) is 0 Å². The van der Waals surface area contributed by atoms with E-state index in [1.165, 1.54) is 5.56 Å². The first kappa shape index (κ1) is 14.4. The molecule has 0 fully saturated rings. The van der Waals surface area contributed by atoms with Crippen molar-refractivity contribution in [3.8, 4) is 0 Å². The maximum absolute atomic E-state index is 5.85. The summed E-state index contributed by atoms with van der Waals surface area (Å²) in [5.41, 5.74) is 9.70. The number of thiocarbonyl (C=S) groups is 1. The predicted octanol–water partition coefficient (Wildman–Crippen LogP) is 2.36. The van der Waals surface area contributed by atoms with Crippen LogP contribution in [0.15, 0.2) is 30.3 Å². The fraction of sp³-hybridized carbons (Fsp3) is 0.267. The van der Waals surface area contributed by atoms with Crippen LogP contribution in [0.25, 0.3) is 0 Å². The fourth-order valence-electron chi connectivity index (χ4n) is 2.09. The molecule has 1 aromatic carbocycles. The molecule has 0 aliphatic rings. The van der Waals surface area contributed by atoms with Crippen molar-refractivity contribution < 1.29 is 0 Å². The molecule has 0 aliphatic heterocycles. The van der Waals surface area contributed by atoms with Gasteiger partial charge in [-0.1, -0.05) is 42.5 Å². The van der Waals surface area contributed by atoms with Crippen LogP contribution < -0.4 is 10.6 Å². The normalized spacial score (nSPS) is 10.3. The summed E-state index contributed by atoms with van der Waals surface area (Å²) in [7, 11) is 1.97. The number of nitrogens with zero attached hydrogens (tertiary/aromatic N) is 3. The van der Waals surface area contributed by atoms with Gasteiger partial charge in [0.2, 0.25) is 0 Å². The van der Waals surface area contributed by atoms with Crippen molar-refractivity contribution in [1.29, 1.82) is 0 Å². The highest BCUT2D eigenvalue weighted by Crippen LogP contribution is 2.22. The molecule has 0 bridgehead atoms. The van der Waals surface area contributed by atoms with Gasteiger partial charge in [-0.3, -0.25) is 0 Å². The largest absolute Gasteiger partial charge is 0.389 e. The van der Waals surface area contributed by atoms with Crippen molar-refractivity contribution in [2.24, 2.45) is 5.73 Å². The Labute approximate surface area is 124 Å². The van der Waals surface area contributed by atoms with E-state index in [0.29, 0.717) is 4.99 Å². The minimum Gasteiger partial charge on any atom is -0.389 e. The van der Waals surface area contributed by atoms with Crippen LogP contribution in [0.4, 0.5) is 5.82 Å². The number of anilines is 1. The first-order valence-electron chi connectivity index (χ1n) is 6.39. The molecule has 4 nitrogen and oxygen atoms in total. The third-order valence-corrected chi connectivity index (χ3v) is 3.51. The SMILES string of the molecule is Cc1nnc(N(C)Cc2ccccc2)c(C(N)=S)c1C. The van der Waals surface area contributed by atoms with E-state index in [1.807, 2.05) is 44.0 Å². The molecule has 20 heavy (non-hydrogen) atoms. The van der Waals surface area contributed by atoms with E-state index >= 15 is 0 Å². The number of nitrogens with two attached hydrogens (primary N) is 1. The van der Waals surface area contributed by atoms with Gasteiger partial charge in [-0.05, 0) is 25.0 Å². The highest BCUT2D eigenvalue weighted by Gasteiger charge is 2.16. The maximum Gasteiger partial charge on any atom is 0.161 e. The first-order chi connectivity index (χ1) is 9.50. The number of hydrogen-bond donors (Lipinski definition) is 1. The second-order valence-electron chi connectivity index (χ2n) is 4.81. The Morgan fingerprint density at radius 1 is 1.20 bits per heavy atom. The molecule has 0 atom stereocenters. The molecular weight excluding hydrogens is 268 g/mol. The molecule has 2 rings (SSSR count). The Bertz CT molecular complexity index is 625. The molecule has 2 aromatic rings. The van der Waals surface area contributed by atoms with Crippen LogP contribution >= 0.6 is 12.2 Å². The number of aromatic nitrogens is 2. The van der Waals surface area contributed by atoms with Crippen molar-refractivity contribution in [3.05, 3.63) is 52.7 Å². The average molecular weight is 286 g/mol. The summed E-state index contributed by atoms with van der Waals surface area (Å²) in [4.78, 5) is 2.37. The second kappa shape index (κ2) is 5.96. The van der Waals surface area contributed by atoms with Gasteiger partial charge in [-0.2, -0.15) is 5.10 Å². The Balaban J connectivity index is 2.37. The number of benzene rings is 1. The first-order valence-corrected chi connectivity index (χ1v) is 6.80. The summed E-state index contributed by atoms with van der Waals surface area (Å²) in [6, 6.07) is 10.2. The molecule has 1 heterocycles. The van der Waals surface area contributed by atoms with E-state index in [2.05, 4.69) is 22.3 Å². The van der Waals surface area contributed by atoms with E-state index in [9.17, 15) is 0 Å². The van der Waals surface area contributed by atoms with Crippen molar-refractivity contribution in [2.75, 3.05) is 11.9 Å². The van der Waals surface area contributed by atoms with E-state index in [4.69, 9.17) is 18.0 Å². The molecule has 5 heteroatoms. The van der Waals surface area contributed by atoms with E-state index in [1.54, 1.807) is 0 Å². The van der Waals surface area contributed by atoms with Crippen molar-refractivity contribution >= 4 is 23.0 Å². The van der Waals surface area contributed by atoms with Gasteiger partial charge < -0.3 is 10.6 Å². The Hall–Kier alpha value is -2.01. The molecule has 0 unspecified atom stereocenters. The molecule has 2 N–H and O–H groups in total. The van der Waals surface area contributed by atoms with Gasteiger partial charge in [-0.15, -0.1) is 5.10 Å². The predicted molar refractivity (Wildman–Crippen MR) is 85.9 cm³/mol. The van der Waals surface area contributed by atoms with E-state index in [0.717, 1.165) is 29.2 Å². The van der Waals surface area contributed by atoms with Crippen LogP contribution in [-0.4, -0.2) is 22.2 Å². The smallest absolute Gasteiger partial charge is 0.161 e. The van der Waals surface area contributed by atoms with E-state index < -0.39 is 0 Å². The lowest BCUT2D eigenvalue weighted by atomic mass is 10.1. The van der Waals surface area contributed by atoms with Gasteiger partial charge in [0.1, 0.15) is 4.99 Å². The molecule has 0 spiro atoms.